The summed E-state index contributed by atoms with van der Waals surface area (Å²) in [5.41, 5.74) is 2.43. The molecule has 0 saturated heterocycles. The van der Waals surface area contributed by atoms with Gasteiger partial charge < -0.3 is 10.1 Å². The van der Waals surface area contributed by atoms with Crippen LogP contribution in [0.3, 0.4) is 0 Å². The number of thioether (sulfide) groups is 1. The monoisotopic (exact) mass is 321 g/mol. The maximum Gasteiger partial charge on any atom is 0.259 e. The summed E-state index contributed by atoms with van der Waals surface area (Å²) in [5.74, 6) is 1.19. The normalized spacial score (nSPS) is 10.2. The number of halogens is 1. The average molecular weight is 322 g/mol. The first kappa shape index (κ1) is 15.7. The van der Waals surface area contributed by atoms with Gasteiger partial charge in [0.1, 0.15) is 5.75 Å². The highest BCUT2D eigenvalue weighted by Gasteiger charge is 2.12. The van der Waals surface area contributed by atoms with Gasteiger partial charge >= 0.3 is 0 Å². The molecule has 2 aromatic rings. The molecule has 0 aromatic heterocycles. The van der Waals surface area contributed by atoms with Gasteiger partial charge in [-0.25, -0.2) is 0 Å². The zero-order chi connectivity index (χ0) is 15.2. The molecular weight excluding hydrogens is 306 g/mol. The molecule has 0 atom stereocenters. The largest absolute Gasteiger partial charge is 0.496 e. The number of anilines is 1. The van der Waals surface area contributed by atoms with Gasteiger partial charge in [0.05, 0.1) is 12.7 Å². The second-order valence-electron chi connectivity index (χ2n) is 4.43. The number of ether oxygens (including phenoxy) is 1. The molecule has 0 bridgehead atoms. The standard InChI is InChI=1S/C16H16ClNO2S/c1-20-15-9-12(17)5-8-14(15)16(19)18-13-6-3-11(4-7-13)10-21-2/h3-9H,10H2,1-2H3,(H,18,19). The van der Waals surface area contributed by atoms with E-state index >= 15 is 0 Å². The van der Waals surface area contributed by atoms with Crippen LogP contribution in [-0.2, 0) is 5.75 Å². The molecule has 0 unspecified atom stereocenters. The van der Waals surface area contributed by atoms with E-state index in [0.29, 0.717) is 16.3 Å². The fourth-order valence-electron chi connectivity index (χ4n) is 1.90. The van der Waals surface area contributed by atoms with E-state index in [-0.39, 0.29) is 5.91 Å². The lowest BCUT2D eigenvalue weighted by molar-refractivity contribution is 0.102. The van der Waals surface area contributed by atoms with Gasteiger partial charge in [0.25, 0.3) is 5.91 Å². The molecule has 0 aliphatic carbocycles. The fraction of sp³-hybridized carbons (Fsp3) is 0.188. The maximum absolute atomic E-state index is 12.3. The molecule has 0 aliphatic rings. The van der Waals surface area contributed by atoms with Gasteiger partial charge in [-0.2, -0.15) is 11.8 Å². The van der Waals surface area contributed by atoms with Crippen molar-refractivity contribution in [1.82, 2.24) is 0 Å². The number of hydrogen-bond donors (Lipinski definition) is 1. The Kier molecular flexibility index (Phi) is 5.53. The minimum absolute atomic E-state index is 0.221. The van der Waals surface area contributed by atoms with Crippen molar-refractivity contribution in [2.45, 2.75) is 5.75 Å². The number of benzene rings is 2. The predicted octanol–water partition coefficient (Wildman–Crippen LogP) is 4.46. The van der Waals surface area contributed by atoms with Gasteiger partial charge in [0.2, 0.25) is 0 Å². The summed E-state index contributed by atoms with van der Waals surface area (Å²) < 4.78 is 5.19. The van der Waals surface area contributed by atoms with E-state index in [1.165, 1.54) is 12.7 Å². The van der Waals surface area contributed by atoms with E-state index in [2.05, 4.69) is 11.6 Å². The molecule has 0 spiro atoms. The average Bonchev–Trinajstić information content (AvgIpc) is 2.49. The predicted molar refractivity (Wildman–Crippen MR) is 89.6 cm³/mol. The molecule has 1 amide bonds. The lowest BCUT2D eigenvalue weighted by Crippen LogP contribution is -2.13. The molecule has 1 N–H and O–H groups in total. The Morgan fingerprint density at radius 3 is 2.57 bits per heavy atom. The third kappa shape index (κ3) is 4.16. The van der Waals surface area contributed by atoms with Crippen LogP contribution in [0.5, 0.6) is 5.75 Å². The van der Waals surface area contributed by atoms with Crippen molar-refractivity contribution in [2.24, 2.45) is 0 Å². The minimum Gasteiger partial charge on any atom is -0.496 e. The Hall–Kier alpha value is -1.65. The highest BCUT2D eigenvalue weighted by atomic mass is 35.5. The first-order valence-electron chi connectivity index (χ1n) is 6.37. The van der Waals surface area contributed by atoms with E-state index in [1.807, 2.05) is 24.3 Å². The molecule has 3 nitrogen and oxygen atoms in total. The smallest absolute Gasteiger partial charge is 0.259 e. The van der Waals surface area contributed by atoms with Crippen molar-refractivity contribution in [3.63, 3.8) is 0 Å². The highest BCUT2D eigenvalue weighted by Crippen LogP contribution is 2.24. The van der Waals surface area contributed by atoms with Crippen LogP contribution in [0, 0.1) is 0 Å². The number of carbonyl (C=O) groups is 1. The Morgan fingerprint density at radius 1 is 1.24 bits per heavy atom. The summed E-state index contributed by atoms with van der Waals surface area (Å²) in [4.78, 5) is 12.3. The Bertz CT molecular complexity index is 629. The second-order valence-corrected chi connectivity index (χ2v) is 5.73. The number of methoxy groups -OCH3 is 1. The van der Waals surface area contributed by atoms with Gasteiger partial charge in [-0.15, -0.1) is 0 Å². The molecule has 2 rings (SSSR count). The zero-order valence-electron chi connectivity index (χ0n) is 11.9. The van der Waals surface area contributed by atoms with Crippen molar-refractivity contribution in [2.75, 3.05) is 18.7 Å². The van der Waals surface area contributed by atoms with Crippen LogP contribution in [-0.4, -0.2) is 19.3 Å². The van der Waals surface area contributed by atoms with Crippen molar-refractivity contribution >= 4 is 35.0 Å². The maximum atomic E-state index is 12.3. The van der Waals surface area contributed by atoms with Crippen molar-refractivity contribution in [3.05, 3.63) is 58.6 Å². The van der Waals surface area contributed by atoms with Crippen molar-refractivity contribution < 1.29 is 9.53 Å². The van der Waals surface area contributed by atoms with Crippen LogP contribution in [0.4, 0.5) is 5.69 Å². The number of rotatable bonds is 5. The number of hydrogen-bond acceptors (Lipinski definition) is 3. The summed E-state index contributed by atoms with van der Waals surface area (Å²) in [7, 11) is 1.51. The Balaban J connectivity index is 2.14. The molecule has 0 radical (unpaired) electrons. The Morgan fingerprint density at radius 2 is 1.95 bits per heavy atom. The highest BCUT2D eigenvalue weighted by molar-refractivity contribution is 7.97. The van der Waals surface area contributed by atoms with E-state index in [0.717, 1.165) is 11.4 Å². The van der Waals surface area contributed by atoms with E-state index in [4.69, 9.17) is 16.3 Å². The number of nitrogens with one attached hydrogen (secondary N) is 1. The van der Waals surface area contributed by atoms with Crippen molar-refractivity contribution in [1.29, 1.82) is 0 Å². The SMILES string of the molecule is COc1cc(Cl)ccc1C(=O)Nc1ccc(CSC)cc1. The molecule has 0 heterocycles. The van der Waals surface area contributed by atoms with Crippen LogP contribution in [0.25, 0.3) is 0 Å². The third-order valence-electron chi connectivity index (χ3n) is 2.93. The minimum atomic E-state index is -0.221. The van der Waals surface area contributed by atoms with Gasteiger partial charge in [0, 0.05) is 16.5 Å². The molecule has 5 heteroatoms. The van der Waals surface area contributed by atoms with Crippen LogP contribution < -0.4 is 10.1 Å². The fourth-order valence-corrected chi connectivity index (χ4v) is 2.59. The lowest BCUT2D eigenvalue weighted by atomic mass is 10.1. The summed E-state index contributed by atoms with van der Waals surface area (Å²) in [6.07, 6.45) is 2.06. The zero-order valence-corrected chi connectivity index (χ0v) is 13.4. The first-order valence-corrected chi connectivity index (χ1v) is 8.14. The molecule has 2 aromatic carbocycles. The van der Waals surface area contributed by atoms with Gasteiger partial charge in [-0.1, -0.05) is 23.7 Å². The van der Waals surface area contributed by atoms with Crippen LogP contribution in [0.2, 0.25) is 5.02 Å². The van der Waals surface area contributed by atoms with E-state index < -0.39 is 0 Å². The second kappa shape index (κ2) is 7.38. The summed E-state index contributed by atoms with van der Waals surface area (Å²) in [6, 6.07) is 12.7. The molecule has 0 fully saturated rings. The van der Waals surface area contributed by atoms with Crippen LogP contribution in [0.1, 0.15) is 15.9 Å². The van der Waals surface area contributed by atoms with E-state index in [1.54, 1.807) is 30.0 Å². The summed E-state index contributed by atoms with van der Waals surface area (Å²) >= 11 is 7.66. The van der Waals surface area contributed by atoms with Gasteiger partial charge in [0.15, 0.2) is 0 Å². The first-order chi connectivity index (χ1) is 10.1. The van der Waals surface area contributed by atoms with Gasteiger partial charge in [-0.3, -0.25) is 4.79 Å². The molecule has 0 aliphatic heterocycles. The Labute approximate surface area is 133 Å². The quantitative estimate of drug-likeness (QED) is 0.883. The summed E-state index contributed by atoms with van der Waals surface area (Å²) in [6.45, 7) is 0. The number of amides is 1. The lowest BCUT2D eigenvalue weighted by Gasteiger charge is -2.10. The number of carbonyl (C=O) groups excluding carboxylic acids is 1. The third-order valence-corrected chi connectivity index (χ3v) is 3.79. The molecule has 21 heavy (non-hydrogen) atoms. The molecule has 0 saturated carbocycles. The van der Waals surface area contributed by atoms with E-state index in [9.17, 15) is 4.79 Å². The molecule has 110 valence electrons. The topological polar surface area (TPSA) is 38.3 Å². The van der Waals surface area contributed by atoms with Crippen LogP contribution >= 0.6 is 23.4 Å². The summed E-state index contributed by atoms with van der Waals surface area (Å²) in [5, 5.41) is 3.39. The van der Waals surface area contributed by atoms with Gasteiger partial charge in [-0.05, 0) is 42.2 Å². The molecular formula is C16H16ClNO2S. The van der Waals surface area contributed by atoms with Crippen molar-refractivity contribution in [3.8, 4) is 5.75 Å². The van der Waals surface area contributed by atoms with Crippen LogP contribution in [0.15, 0.2) is 42.5 Å².